The van der Waals surface area contributed by atoms with Crippen LogP contribution in [-0.4, -0.2) is 73.4 Å². The molecule has 0 amide bonds. The second kappa shape index (κ2) is 9.32. The number of benzene rings is 1. The van der Waals surface area contributed by atoms with E-state index in [0.29, 0.717) is 30.2 Å². The fourth-order valence-electron chi connectivity index (χ4n) is 2.99. The number of hydrogen-bond acceptors (Lipinski definition) is 4. The first kappa shape index (κ1) is 19.1. The molecule has 1 aromatic rings. The molecule has 1 heterocycles. The SMILES string of the molecule is CN(CC(=O)O)CC1CN(CCCc2c(F)cccc2Cl)CCO1. The highest BCUT2D eigenvalue weighted by Crippen LogP contribution is 2.20. The molecule has 0 bridgehead atoms. The molecule has 1 aliphatic heterocycles. The van der Waals surface area contributed by atoms with Gasteiger partial charge in [-0.1, -0.05) is 17.7 Å². The Hall–Kier alpha value is -1.21. The van der Waals surface area contributed by atoms with Crippen LogP contribution in [0.3, 0.4) is 0 Å². The number of nitrogens with zero attached hydrogens (tertiary/aromatic N) is 2. The van der Waals surface area contributed by atoms with Crippen LogP contribution in [0.15, 0.2) is 18.2 Å². The van der Waals surface area contributed by atoms with Gasteiger partial charge in [-0.2, -0.15) is 0 Å². The second-order valence-electron chi connectivity index (χ2n) is 6.19. The summed E-state index contributed by atoms with van der Waals surface area (Å²) in [5, 5.41) is 9.28. The Morgan fingerprint density at radius 2 is 2.33 bits per heavy atom. The van der Waals surface area contributed by atoms with E-state index in [4.69, 9.17) is 21.4 Å². The van der Waals surface area contributed by atoms with Gasteiger partial charge in [0, 0.05) is 30.2 Å². The van der Waals surface area contributed by atoms with Crippen LogP contribution in [-0.2, 0) is 16.0 Å². The summed E-state index contributed by atoms with van der Waals surface area (Å²) in [6, 6.07) is 4.76. The zero-order valence-electron chi connectivity index (χ0n) is 13.9. The third-order valence-corrected chi connectivity index (χ3v) is 4.46. The molecule has 0 aliphatic carbocycles. The summed E-state index contributed by atoms with van der Waals surface area (Å²) in [5.41, 5.74) is 0.574. The summed E-state index contributed by atoms with van der Waals surface area (Å²) in [6.07, 6.45) is 1.42. The van der Waals surface area contributed by atoms with Crippen LogP contribution in [0.1, 0.15) is 12.0 Å². The van der Waals surface area contributed by atoms with E-state index in [2.05, 4.69) is 4.90 Å². The standard InChI is InChI=1S/C17H24ClFN2O3/c1-20(12-17(22)23)10-13-11-21(8-9-24-13)7-3-4-14-15(18)5-2-6-16(14)19/h2,5-6,13H,3-4,7-12H2,1H3,(H,22,23). The molecule has 1 unspecified atom stereocenters. The quantitative estimate of drug-likeness (QED) is 0.771. The Morgan fingerprint density at radius 1 is 1.54 bits per heavy atom. The maximum atomic E-state index is 13.8. The molecule has 1 fully saturated rings. The number of likely N-dealkylation sites (N-methyl/N-ethyl adjacent to an activating group) is 1. The van der Waals surface area contributed by atoms with Crippen molar-refractivity contribution in [1.82, 2.24) is 9.80 Å². The largest absolute Gasteiger partial charge is 0.480 e. The highest BCUT2D eigenvalue weighted by Gasteiger charge is 2.22. The number of rotatable bonds is 8. The van der Waals surface area contributed by atoms with Crippen LogP contribution in [0.25, 0.3) is 0 Å². The van der Waals surface area contributed by atoms with Gasteiger partial charge in [-0.15, -0.1) is 0 Å². The van der Waals surface area contributed by atoms with Gasteiger partial charge in [0.05, 0.1) is 19.3 Å². The van der Waals surface area contributed by atoms with Crippen molar-refractivity contribution in [1.29, 1.82) is 0 Å². The summed E-state index contributed by atoms with van der Waals surface area (Å²) >= 11 is 6.05. The predicted molar refractivity (Wildman–Crippen MR) is 91.0 cm³/mol. The van der Waals surface area contributed by atoms with E-state index < -0.39 is 5.97 Å². The van der Waals surface area contributed by atoms with Gasteiger partial charge in [-0.25, -0.2) is 4.39 Å². The van der Waals surface area contributed by atoms with Crippen LogP contribution in [0.5, 0.6) is 0 Å². The van der Waals surface area contributed by atoms with E-state index in [1.807, 2.05) is 0 Å². The van der Waals surface area contributed by atoms with Gasteiger partial charge in [-0.05, 0) is 38.6 Å². The van der Waals surface area contributed by atoms with Gasteiger partial charge in [0.2, 0.25) is 0 Å². The third-order valence-electron chi connectivity index (χ3n) is 4.11. The van der Waals surface area contributed by atoms with Crippen molar-refractivity contribution in [3.05, 3.63) is 34.6 Å². The summed E-state index contributed by atoms with van der Waals surface area (Å²) < 4.78 is 19.5. The molecule has 0 saturated carbocycles. The second-order valence-corrected chi connectivity index (χ2v) is 6.59. The van der Waals surface area contributed by atoms with Gasteiger partial charge in [0.25, 0.3) is 0 Å². The molecular formula is C17H24ClFN2O3. The highest BCUT2D eigenvalue weighted by atomic mass is 35.5. The number of morpholine rings is 1. The first-order chi connectivity index (χ1) is 11.5. The summed E-state index contributed by atoms with van der Waals surface area (Å²) in [7, 11) is 1.77. The lowest BCUT2D eigenvalue weighted by Crippen LogP contribution is -2.47. The van der Waals surface area contributed by atoms with Crippen LogP contribution in [0, 0.1) is 5.82 Å². The van der Waals surface area contributed by atoms with Crippen LogP contribution in [0.2, 0.25) is 5.02 Å². The minimum absolute atomic E-state index is 0.000138. The minimum Gasteiger partial charge on any atom is -0.480 e. The Morgan fingerprint density at radius 3 is 3.04 bits per heavy atom. The van der Waals surface area contributed by atoms with Crippen molar-refractivity contribution in [3.63, 3.8) is 0 Å². The number of carboxylic acids is 1. The van der Waals surface area contributed by atoms with Crippen molar-refractivity contribution >= 4 is 17.6 Å². The van der Waals surface area contributed by atoms with E-state index in [1.54, 1.807) is 24.1 Å². The van der Waals surface area contributed by atoms with Gasteiger partial charge in [0.1, 0.15) is 5.82 Å². The Bertz CT molecular complexity index is 538. The zero-order valence-corrected chi connectivity index (χ0v) is 14.6. The molecule has 1 atom stereocenters. The maximum Gasteiger partial charge on any atom is 0.317 e. The van der Waals surface area contributed by atoms with Crippen LogP contribution < -0.4 is 0 Å². The lowest BCUT2D eigenvalue weighted by atomic mass is 10.1. The molecule has 2 rings (SSSR count). The van der Waals surface area contributed by atoms with Crippen LogP contribution in [0.4, 0.5) is 4.39 Å². The Labute approximate surface area is 146 Å². The molecule has 1 aliphatic rings. The summed E-state index contributed by atoms with van der Waals surface area (Å²) in [6.45, 7) is 3.66. The molecule has 1 aromatic carbocycles. The van der Waals surface area contributed by atoms with Gasteiger partial charge in [-0.3, -0.25) is 14.6 Å². The summed E-state index contributed by atoms with van der Waals surface area (Å²) in [5.74, 6) is -1.09. The number of halogens is 2. The van der Waals surface area contributed by atoms with Crippen molar-refractivity contribution in [2.75, 3.05) is 46.4 Å². The number of carboxylic acid groups (broad SMARTS) is 1. The van der Waals surface area contributed by atoms with Crippen molar-refractivity contribution in [2.45, 2.75) is 18.9 Å². The Balaban J connectivity index is 1.76. The molecule has 0 aromatic heterocycles. The van der Waals surface area contributed by atoms with Gasteiger partial charge < -0.3 is 9.84 Å². The van der Waals surface area contributed by atoms with E-state index in [0.717, 1.165) is 26.1 Å². The van der Waals surface area contributed by atoms with Gasteiger partial charge >= 0.3 is 5.97 Å². The molecule has 24 heavy (non-hydrogen) atoms. The molecule has 0 spiro atoms. The number of hydrogen-bond donors (Lipinski definition) is 1. The van der Waals surface area contributed by atoms with E-state index in [9.17, 15) is 9.18 Å². The number of carbonyl (C=O) groups is 1. The van der Waals surface area contributed by atoms with Crippen molar-refractivity contribution < 1.29 is 19.0 Å². The van der Waals surface area contributed by atoms with E-state index in [-0.39, 0.29) is 18.5 Å². The normalized spacial score (nSPS) is 18.9. The fraction of sp³-hybridized carbons (Fsp3) is 0.588. The zero-order chi connectivity index (χ0) is 17.5. The maximum absolute atomic E-state index is 13.8. The van der Waals surface area contributed by atoms with Gasteiger partial charge in [0.15, 0.2) is 0 Å². The molecule has 7 heteroatoms. The van der Waals surface area contributed by atoms with E-state index in [1.165, 1.54) is 6.07 Å². The fourth-order valence-corrected chi connectivity index (χ4v) is 3.25. The van der Waals surface area contributed by atoms with E-state index >= 15 is 0 Å². The lowest BCUT2D eigenvalue weighted by molar-refractivity contribution is -0.138. The third kappa shape index (κ3) is 6.02. The first-order valence-corrected chi connectivity index (χ1v) is 8.50. The molecular weight excluding hydrogens is 335 g/mol. The Kier molecular flexibility index (Phi) is 7.42. The average Bonchev–Trinajstić information content (AvgIpc) is 2.49. The molecule has 0 radical (unpaired) electrons. The number of aliphatic carboxylic acids is 1. The smallest absolute Gasteiger partial charge is 0.317 e. The molecule has 134 valence electrons. The molecule has 5 nitrogen and oxygen atoms in total. The van der Waals surface area contributed by atoms with Crippen LogP contribution >= 0.6 is 11.6 Å². The molecule has 1 N–H and O–H groups in total. The number of ether oxygens (including phenoxy) is 1. The monoisotopic (exact) mass is 358 g/mol. The predicted octanol–water partition coefficient (Wildman–Crippen LogP) is 2.13. The minimum atomic E-state index is -0.841. The first-order valence-electron chi connectivity index (χ1n) is 8.13. The highest BCUT2D eigenvalue weighted by molar-refractivity contribution is 6.31. The topological polar surface area (TPSA) is 53.0 Å². The van der Waals surface area contributed by atoms with Crippen molar-refractivity contribution in [2.24, 2.45) is 0 Å². The van der Waals surface area contributed by atoms with Crippen molar-refractivity contribution in [3.8, 4) is 0 Å². The lowest BCUT2D eigenvalue weighted by Gasteiger charge is -2.34. The summed E-state index contributed by atoms with van der Waals surface area (Å²) in [4.78, 5) is 14.7. The molecule has 1 saturated heterocycles. The average molecular weight is 359 g/mol.